The average molecular weight is 624 g/mol. The van der Waals surface area contributed by atoms with Crippen molar-refractivity contribution in [2.24, 2.45) is 17.8 Å². The summed E-state index contributed by atoms with van der Waals surface area (Å²) in [5, 5.41) is 10.0. The van der Waals surface area contributed by atoms with Crippen LogP contribution in [0, 0.1) is 31.6 Å². The topological polar surface area (TPSA) is 107 Å². The molecule has 2 saturated carbocycles. The van der Waals surface area contributed by atoms with Crippen LogP contribution < -0.4 is 10.6 Å². The molecular formula is C31H47F2N5O4S. The van der Waals surface area contributed by atoms with E-state index in [-0.39, 0.29) is 29.6 Å². The molecule has 2 aliphatic carbocycles. The summed E-state index contributed by atoms with van der Waals surface area (Å²) in [4.78, 5) is 30.7. The molecular weight excluding hydrogens is 576 g/mol. The van der Waals surface area contributed by atoms with E-state index in [0.717, 1.165) is 31.4 Å². The van der Waals surface area contributed by atoms with Crippen molar-refractivity contribution in [3.63, 3.8) is 0 Å². The predicted octanol–water partition coefficient (Wildman–Crippen LogP) is 6.44. The number of pyridine rings is 1. The molecule has 43 heavy (non-hydrogen) atoms. The minimum Gasteiger partial charge on any atom is -0.444 e. The third kappa shape index (κ3) is 9.14. The molecule has 0 saturated heterocycles. The highest BCUT2D eigenvalue weighted by Crippen LogP contribution is 2.51. The second kappa shape index (κ2) is 13.1. The molecule has 2 amide bonds. The van der Waals surface area contributed by atoms with E-state index in [9.17, 15) is 18.4 Å². The highest BCUT2D eigenvalue weighted by atomic mass is 32.3. The van der Waals surface area contributed by atoms with E-state index in [1.807, 2.05) is 6.92 Å². The molecule has 0 spiro atoms. The van der Waals surface area contributed by atoms with Crippen LogP contribution in [0.3, 0.4) is 0 Å². The van der Waals surface area contributed by atoms with Crippen LogP contribution in [0.15, 0.2) is 12.3 Å². The van der Waals surface area contributed by atoms with Crippen LogP contribution in [0.4, 0.5) is 19.4 Å². The smallest absolute Gasteiger partial charge is 0.408 e. The number of amides is 2. The van der Waals surface area contributed by atoms with Gasteiger partial charge in [0.1, 0.15) is 24.2 Å². The molecule has 0 bridgehead atoms. The summed E-state index contributed by atoms with van der Waals surface area (Å²) >= 11 is 0. The highest BCUT2D eigenvalue weighted by Gasteiger charge is 2.48. The zero-order chi connectivity index (χ0) is 31.7. The standard InChI is InChI=1S/C31H47F2N5O4S/c1-18-25(19(2)38(37-18)17-41-13-14-43(6,7)8)23-16-34-24(15-22(23)28(32)33)35-29(39)27(36-30(40)42-31(3,4)5)26(20-9-10-20)21-11-12-21/h15-16,20-21,26-28H,9-14,17H2,1-8H3,(H,36,40)(H,34,35,39). The molecule has 0 aromatic carbocycles. The van der Waals surface area contributed by atoms with Gasteiger partial charge in [-0.25, -0.2) is 33.3 Å². The zero-order valence-electron chi connectivity index (χ0n) is 26.6. The van der Waals surface area contributed by atoms with Gasteiger partial charge in [-0.3, -0.25) is 4.79 Å². The summed E-state index contributed by atoms with van der Waals surface area (Å²) in [6.45, 7) is 9.68. The van der Waals surface area contributed by atoms with Gasteiger partial charge in [0.25, 0.3) is 6.43 Å². The van der Waals surface area contributed by atoms with Gasteiger partial charge in [-0.1, -0.05) is 0 Å². The minimum absolute atomic E-state index is 0.00101. The summed E-state index contributed by atoms with van der Waals surface area (Å²) in [7, 11) is -0.692. The Kier molecular flexibility index (Phi) is 10.1. The number of rotatable bonds is 13. The van der Waals surface area contributed by atoms with E-state index in [0.29, 0.717) is 35.4 Å². The maximum absolute atomic E-state index is 14.4. The number of nitrogens with one attached hydrogen (secondary N) is 2. The fraction of sp³-hybridized carbons (Fsp3) is 0.677. The third-order valence-corrected chi connectivity index (χ3v) is 9.19. The first-order chi connectivity index (χ1) is 20.0. The Morgan fingerprint density at radius 2 is 1.74 bits per heavy atom. The number of carbonyl (C=O) groups is 2. The van der Waals surface area contributed by atoms with Gasteiger partial charge in [-0.15, -0.1) is 0 Å². The zero-order valence-corrected chi connectivity index (χ0v) is 27.4. The fourth-order valence-electron chi connectivity index (χ4n) is 5.47. The molecule has 2 N–H and O–H groups in total. The Morgan fingerprint density at radius 1 is 1.12 bits per heavy atom. The number of halogens is 2. The van der Waals surface area contributed by atoms with Crippen LogP contribution in [0.2, 0.25) is 0 Å². The summed E-state index contributed by atoms with van der Waals surface area (Å²) in [6, 6.07) is 0.360. The summed E-state index contributed by atoms with van der Waals surface area (Å²) < 4.78 is 41.8. The van der Waals surface area contributed by atoms with Crippen molar-refractivity contribution in [2.45, 2.75) is 85.1 Å². The van der Waals surface area contributed by atoms with Gasteiger partial charge in [0.2, 0.25) is 5.91 Å². The van der Waals surface area contributed by atoms with Gasteiger partial charge >= 0.3 is 6.09 Å². The van der Waals surface area contributed by atoms with Crippen LogP contribution in [0.5, 0.6) is 0 Å². The third-order valence-electron chi connectivity index (χ3n) is 7.80. The fourth-order valence-corrected chi connectivity index (χ4v) is 6.09. The number of aromatic nitrogens is 3. The van der Waals surface area contributed by atoms with Gasteiger partial charge < -0.3 is 20.1 Å². The Morgan fingerprint density at radius 3 is 2.28 bits per heavy atom. The average Bonchev–Trinajstić information content (AvgIpc) is 3.80. The second-order valence-electron chi connectivity index (χ2n) is 13.7. The first-order valence-electron chi connectivity index (χ1n) is 14.9. The van der Waals surface area contributed by atoms with Gasteiger partial charge in [0.15, 0.2) is 0 Å². The molecule has 9 nitrogen and oxygen atoms in total. The van der Waals surface area contributed by atoms with E-state index in [2.05, 4.69) is 39.5 Å². The van der Waals surface area contributed by atoms with E-state index in [1.165, 1.54) is 12.3 Å². The van der Waals surface area contributed by atoms with Crippen LogP contribution in [-0.2, 0) is 21.0 Å². The number of carbonyl (C=O) groups excluding carboxylic acids is 2. The molecule has 12 heteroatoms. The number of hydrogen-bond donors (Lipinski definition) is 2. The maximum Gasteiger partial charge on any atom is 0.408 e. The van der Waals surface area contributed by atoms with Crippen molar-refractivity contribution in [1.82, 2.24) is 20.1 Å². The minimum atomic E-state index is -2.82. The Balaban J connectivity index is 1.55. The van der Waals surface area contributed by atoms with E-state index in [1.54, 1.807) is 32.4 Å². The van der Waals surface area contributed by atoms with E-state index < -0.39 is 40.1 Å². The largest absolute Gasteiger partial charge is 0.444 e. The van der Waals surface area contributed by atoms with Crippen LogP contribution in [0.25, 0.3) is 11.1 Å². The Hall–Kier alpha value is -2.73. The van der Waals surface area contributed by atoms with E-state index >= 15 is 0 Å². The lowest BCUT2D eigenvalue weighted by Crippen LogP contribution is -2.51. The number of nitrogens with zero attached hydrogens (tertiary/aromatic N) is 3. The maximum atomic E-state index is 14.4. The van der Waals surface area contributed by atoms with Gasteiger partial charge in [0, 0.05) is 34.3 Å². The van der Waals surface area contributed by atoms with Crippen LogP contribution in [-0.4, -0.2) is 69.5 Å². The second-order valence-corrected chi connectivity index (χ2v) is 18.3. The monoisotopic (exact) mass is 623 g/mol. The van der Waals surface area contributed by atoms with E-state index in [4.69, 9.17) is 9.47 Å². The number of aryl methyl sites for hydroxylation is 1. The van der Waals surface area contributed by atoms with Crippen molar-refractivity contribution in [3.05, 3.63) is 29.2 Å². The van der Waals surface area contributed by atoms with Crippen molar-refractivity contribution < 1.29 is 27.8 Å². The molecule has 0 aliphatic heterocycles. The predicted molar refractivity (Wildman–Crippen MR) is 167 cm³/mol. The molecule has 2 aliphatic rings. The van der Waals surface area contributed by atoms with Gasteiger partial charge in [-0.2, -0.15) is 5.10 Å². The molecule has 0 radical (unpaired) electrons. The number of hydrogen-bond acceptors (Lipinski definition) is 6. The molecule has 2 aromatic rings. The summed E-state index contributed by atoms with van der Waals surface area (Å²) in [5.74, 6) is 1.12. The van der Waals surface area contributed by atoms with Gasteiger partial charge in [0.05, 0.1) is 12.3 Å². The lowest BCUT2D eigenvalue weighted by molar-refractivity contribution is -0.120. The molecule has 1 atom stereocenters. The highest BCUT2D eigenvalue weighted by molar-refractivity contribution is 8.32. The molecule has 240 valence electrons. The Labute approximate surface area is 255 Å². The molecule has 2 aromatic heterocycles. The summed E-state index contributed by atoms with van der Waals surface area (Å²) in [6.07, 6.45) is 8.52. The lowest BCUT2D eigenvalue weighted by atomic mass is 9.88. The summed E-state index contributed by atoms with van der Waals surface area (Å²) in [5.41, 5.74) is 1.11. The van der Waals surface area contributed by atoms with Crippen molar-refractivity contribution in [1.29, 1.82) is 0 Å². The van der Waals surface area contributed by atoms with Crippen LogP contribution >= 0.6 is 10.0 Å². The molecule has 1 unspecified atom stereocenters. The van der Waals surface area contributed by atoms with Crippen molar-refractivity contribution in [3.8, 4) is 11.1 Å². The molecule has 2 heterocycles. The normalized spacial score (nSPS) is 16.8. The number of ether oxygens (including phenoxy) is 2. The number of anilines is 1. The van der Waals surface area contributed by atoms with Crippen molar-refractivity contribution in [2.75, 3.05) is 36.4 Å². The number of alkyl halides is 2. The van der Waals surface area contributed by atoms with Gasteiger partial charge in [-0.05, 0) is 103 Å². The first kappa shape index (κ1) is 33.2. The number of alkyl carbamates (subject to hydrolysis) is 1. The first-order valence-corrected chi connectivity index (χ1v) is 17.9. The quantitative estimate of drug-likeness (QED) is 0.249. The van der Waals surface area contributed by atoms with Crippen LogP contribution in [0.1, 0.15) is 69.8 Å². The molecule has 2 fully saturated rings. The molecule has 4 rings (SSSR count). The Bertz CT molecular complexity index is 1300. The SMILES string of the molecule is Cc1nn(COCCS(C)(C)C)c(C)c1-c1cnc(NC(=O)C(NC(=O)OC(C)(C)C)C(C2CC2)C2CC2)cc1C(F)F. The lowest BCUT2D eigenvalue weighted by Gasteiger charge is -2.29. The van der Waals surface area contributed by atoms with Crippen molar-refractivity contribution >= 4 is 27.8 Å².